The second-order valence-corrected chi connectivity index (χ2v) is 5.56. The van der Waals surface area contributed by atoms with E-state index < -0.39 is 0 Å². The van der Waals surface area contributed by atoms with Gasteiger partial charge in [0.2, 0.25) is 0 Å². The quantitative estimate of drug-likeness (QED) is 0.851. The van der Waals surface area contributed by atoms with E-state index in [1.807, 2.05) is 0 Å². The second-order valence-electron chi connectivity index (χ2n) is 5.56. The monoisotopic (exact) mass is 235 g/mol. The fourth-order valence-corrected chi connectivity index (χ4v) is 2.09. The average Bonchev–Trinajstić information content (AvgIpc) is 2.23. The van der Waals surface area contributed by atoms with Crippen molar-refractivity contribution in [1.29, 1.82) is 0 Å². The van der Waals surface area contributed by atoms with Crippen LogP contribution < -0.4 is 5.73 Å². The maximum atomic E-state index is 6.21. The first-order valence-electron chi connectivity index (χ1n) is 6.21. The molecule has 0 aliphatic carbocycles. The lowest BCUT2D eigenvalue weighted by molar-refractivity contribution is 0.0102. The summed E-state index contributed by atoms with van der Waals surface area (Å²) >= 11 is 0. The van der Waals surface area contributed by atoms with Crippen LogP contribution in [0.1, 0.15) is 37.0 Å². The van der Waals surface area contributed by atoms with Gasteiger partial charge >= 0.3 is 0 Å². The molecule has 0 spiro atoms. The number of nitrogens with two attached hydrogens (primary N) is 1. The molecular weight excluding hydrogens is 210 g/mol. The molecule has 1 aromatic carbocycles. The molecule has 0 heterocycles. The van der Waals surface area contributed by atoms with Crippen LogP contribution in [0, 0.1) is 13.8 Å². The first-order valence-corrected chi connectivity index (χ1v) is 6.21. The number of hydrogen-bond acceptors (Lipinski definition) is 2. The molecule has 0 aliphatic rings. The molecule has 1 rings (SSSR count). The lowest BCUT2D eigenvalue weighted by Gasteiger charge is -2.26. The molecular formula is C15H25NO. The summed E-state index contributed by atoms with van der Waals surface area (Å²) in [6.07, 6.45) is 1.79. The number of ether oxygens (including phenoxy) is 1. The fraction of sp³-hybridized carbons (Fsp3) is 0.600. The summed E-state index contributed by atoms with van der Waals surface area (Å²) in [4.78, 5) is 0. The van der Waals surface area contributed by atoms with E-state index in [2.05, 4.69) is 45.9 Å². The SMILES string of the molecule is COC(C)(C)CC(N)Cc1cc(C)ccc1C. The molecule has 0 fully saturated rings. The van der Waals surface area contributed by atoms with E-state index in [-0.39, 0.29) is 11.6 Å². The van der Waals surface area contributed by atoms with Gasteiger partial charge in [0.25, 0.3) is 0 Å². The normalized spacial score (nSPS) is 13.8. The Hall–Kier alpha value is -0.860. The zero-order chi connectivity index (χ0) is 13.1. The molecule has 2 N–H and O–H groups in total. The highest BCUT2D eigenvalue weighted by molar-refractivity contribution is 5.31. The van der Waals surface area contributed by atoms with Gasteiger partial charge in [-0.2, -0.15) is 0 Å². The first kappa shape index (κ1) is 14.2. The smallest absolute Gasteiger partial charge is 0.0637 e. The van der Waals surface area contributed by atoms with E-state index >= 15 is 0 Å². The predicted molar refractivity (Wildman–Crippen MR) is 73.3 cm³/mol. The van der Waals surface area contributed by atoms with Crippen LogP contribution >= 0.6 is 0 Å². The van der Waals surface area contributed by atoms with Crippen molar-refractivity contribution in [1.82, 2.24) is 0 Å². The summed E-state index contributed by atoms with van der Waals surface area (Å²) in [5, 5.41) is 0. The van der Waals surface area contributed by atoms with Gasteiger partial charge in [-0.15, -0.1) is 0 Å². The van der Waals surface area contributed by atoms with E-state index in [0.29, 0.717) is 0 Å². The molecule has 1 unspecified atom stereocenters. The van der Waals surface area contributed by atoms with Crippen LogP contribution in [0.25, 0.3) is 0 Å². The minimum Gasteiger partial charge on any atom is -0.379 e. The van der Waals surface area contributed by atoms with Gasteiger partial charge in [-0.3, -0.25) is 0 Å². The maximum absolute atomic E-state index is 6.21. The average molecular weight is 235 g/mol. The van der Waals surface area contributed by atoms with E-state index in [0.717, 1.165) is 12.8 Å². The molecule has 0 saturated heterocycles. The van der Waals surface area contributed by atoms with Crippen LogP contribution in [0.15, 0.2) is 18.2 Å². The van der Waals surface area contributed by atoms with Gasteiger partial charge in [-0.1, -0.05) is 23.8 Å². The molecule has 2 nitrogen and oxygen atoms in total. The summed E-state index contributed by atoms with van der Waals surface area (Å²) in [7, 11) is 1.74. The van der Waals surface area contributed by atoms with Crippen molar-refractivity contribution >= 4 is 0 Å². The highest BCUT2D eigenvalue weighted by atomic mass is 16.5. The largest absolute Gasteiger partial charge is 0.379 e. The Kier molecular flexibility index (Phi) is 4.72. The Morgan fingerprint density at radius 1 is 1.29 bits per heavy atom. The number of methoxy groups -OCH3 is 1. The van der Waals surface area contributed by atoms with Crippen molar-refractivity contribution in [3.05, 3.63) is 34.9 Å². The summed E-state index contributed by atoms with van der Waals surface area (Å²) in [5.74, 6) is 0. The van der Waals surface area contributed by atoms with E-state index in [1.54, 1.807) is 7.11 Å². The van der Waals surface area contributed by atoms with Crippen LogP contribution in [0.3, 0.4) is 0 Å². The Morgan fingerprint density at radius 3 is 2.53 bits per heavy atom. The van der Waals surface area contributed by atoms with Gasteiger partial charge in [-0.25, -0.2) is 0 Å². The van der Waals surface area contributed by atoms with E-state index in [4.69, 9.17) is 10.5 Å². The molecule has 0 saturated carbocycles. The van der Waals surface area contributed by atoms with Gasteiger partial charge in [0.05, 0.1) is 5.60 Å². The van der Waals surface area contributed by atoms with Crippen LogP contribution in [0.5, 0.6) is 0 Å². The van der Waals surface area contributed by atoms with Crippen molar-refractivity contribution in [2.75, 3.05) is 7.11 Å². The van der Waals surface area contributed by atoms with Crippen LogP contribution in [-0.4, -0.2) is 18.8 Å². The van der Waals surface area contributed by atoms with Crippen molar-refractivity contribution in [2.24, 2.45) is 5.73 Å². The van der Waals surface area contributed by atoms with Gasteiger partial charge in [0.15, 0.2) is 0 Å². The fourth-order valence-electron chi connectivity index (χ4n) is 2.09. The van der Waals surface area contributed by atoms with Gasteiger partial charge in [-0.05, 0) is 51.7 Å². The lowest BCUT2D eigenvalue weighted by atomic mass is 9.92. The number of aryl methyl sites for hydroxylation is 2. The molecule has 0 amide bonds. The molecule has 1 aromatic rings. The number of hydrogen-bond donors (Lipinski definition) is 1. The Bertz CT molecular complexity index is 371. The van der Waals surface area contributed by atoms with Gasteiger partial charge in [0, 0.05) is 13.2 Å². The van der Waals surface area contributed by atoms with Crippen LogP contribution in [0.4, 0.5) is 0 Å². The van der Waals surface area contributed by atoms with Crippen molar-refractivity contribution in [2.45, 2.75) is 52.2 Å². The number of rotatable bonds is 5. The molecule has 1 atom stereocenters. The minimum absolute atomic E-state index is 0.142. The topological polar surface area (TPSA) is 35.2 Å². The maximum Gasteiger partial charge on any atom is 0.0637 e. The third kappa shape index (κ3) is 4.49. The molecule has 0 bridgehead atoms. The van der Waals surface area contributed by atoms with Gasteiger partial charge in [0.1, 0.15) is 0 Å². The first-order chi connectivity index (χ1) is 7.84. The minimum atomic E-state index is -0.142. The molecule has 17 heavy (non-hydrogen) atoms. The Labute approximate surface area is 105 Å². The van der Waals surface area contributed by atoms with E-state index in [9.17, 15) is 0 Å². The standard InChI is InChI=1S/C15H25NO/c1-11-6-7-12(2)13(8-11)9-14(16)10-15(3,4)17-5/h6-8,14H,9-10,16H2,1-5H3. The summed E-state index contributed by atoms with van der Waals surface area (Å²) in [5.41, 5.74) is 10.0. The molecule has 96 valence electrons. The predicted octanol–water partition coefficient (Wildman–Crippen LogP) is 2.99. The molecule has 2 heteroatoms. The van der Waals surface area contributed by atoms with Crippen LogP contribution in [0.2, 0.25) is 0 Å². The van der Waals surface area contributed by atoms with E-state index in [1.165, 1.54) is 16.7 Å². The third-order valence-electron chi connectivity index (χ3n) is 3.29. The zero-order valence-corrected chi connectivity index (χ0v) is 11.7. The number of benzene rings is 1. The Balaban J connectivity index is 2.68. The Morgan fingerprint density at radius 2 is 1.94 bits per heavy atom. The highest BCUT2D eigenvalue weighted by Crippen LogP contribution is 2.19. The van der Waals surface area contributed by atoms with Crippen molar-refractivity contribution < 1.29 is 4.74 Å². The second kappa shape index (κ2) is 5.65. The molecule has 0 aromatic heterocycles. The zero-order valence-electron chi connectivity index (χ0n) is 11.7. The van der Waals surface area contributed by atoms with Crippen LogP contribution in [-0.2, 0) is 11.2 Å². The summed E-state index contributed by atoms with van der Waals surface area (Å²) in [6.45, 7) is 8.42. The summed E-state index contributed by atoms with van der Waals surface area (Å²) < 4.78 is 5.42. The highest BCUT2D eigenvalue weighted by Gasteiger charge is 2.20. The van der Waals surface area contributed by atoms with Crippen molar-refractivity contribution in [3.8, 4) is 0 Å². The molecule has 0 radical (unpaired) electrons. The summed E-state index contributed by atoms with van der Waals surface area (Å²) in [6, 6.07) is 6.68. The van der Waals surface area contributed by atoms with Gasteiger partial charge < -0.3 is 10.5 Å². The van der Waals surface area contributed by atoms with Crippen molar-refractivity contribution in [3.63, 3.8) is 0 Å². The molecule has 0 aliphatic heterocycles. The third-order valence-corrected chi connectivity index (χ3v) is 3.29. The lowest BCUT2D eigenvalue weighted by Crippen LogP contribution is -2.35.